The van der Waals surface area contributed by atoms with Crippen molar-refractivity contribution in [3.8, 4) is 0 Å². The summed E-state index contributed by atoms with van der Waals surface area (Å²) in [6.07, 6.45) is 1.96. The van der Waals surface area contributed by atoms with Crippen LogP contribution in [-0.2, 0) is 11.3 Å². The van der Waals surface area contributed by atoms with Gasteiger partial charge >= 0.3 is 6.03 Å². The number of benzene rings is 1. The van der Waals surface area contributed by atoms with Crippen LogP contribution < -0.4 is 0 Å². The zero-order valence-electron chi connectivity index (χ0n) is 10.1. The predicted octanol–water partition coefficient (Wildman–Crippen LogP) is 2.51. The third-order valence-electron chi connectivity index (χ3n) is 3.41. The molecule has 0 atom stereocenters. The highest BCUT2D eigenvalue weighted by Crippen LogP contribution is 2.31. The fraction of sp³-hybridized carbons (Fsp3) is 0.385. The van der Waals surface area contributed by atoms with E-state index in [1.165, 1.54) is 17.0 Å². The maximum absolute atomic E-state index is 13.0. The van der Waals surface area contributed by atoms with E-state index in [0.717, 1.165) is 18.4 Å². The first-order chi connectivity index (χ1) is 9.06. The summed E-state index contributed by atoms with van der Waals surface area (Å²) in [5.41, 5.74) is 0.723. The molecule has 4 nitrogen and oxygen atoms in total. The quantitative estimate of drug-likeness (QED) is 0.801. The van der Waals surface area contributed by atoms with Gasteiger partial charge in [-0.25, -0.2) is 9.18 Å². The molecule has 1 heterocycles. The van der Waals surface area contributed by atoms with E-state index < -0.39 is 0 Å². The molecule has 1 aromatic rings. The molecule has 3 amide bonds. The van der Waals surface area contributed by atoms with E-state index in [1.807, 2.05) is 0 Å². The Labute approximate surface area is 118 Å². The van der Waals surface area contributed by atoms with Crippen molar-refractivity contribution in [2.45, 2.75) is 25.4 Å². The SMILES string of the molecule is O=C1CN(C2CC2)C(=O)N1Cc1ccc(F)cc1Br. The second-order valence-electron chi connectivity index (χ2n) is 4.86. The summed E-state index contributed by atoms with van der Waals surface area (Å²) >= 11 is 3.25. The fourth-order valence-electron chi connectivity index (χ4n) is 2.21. The molecule has 3 rings (SSSR count). The third kappa shape index (κ3) is 2.36. The molecule has 0 aromatic heterocycles. The van der Waals surface area contributed by atoms with Gasteiger partial charge in [0.25, 0.3) is 5.91 Å². The van der Waals surface area contributed by atoms with Crippen molar-refractivity contribution < 1.29 is 14.0 Å². The normalized spacial score (nSPS) is 19.5. The van der Waals surface area contributed by atoms with Crippen molar-refractivity contribution >= 4 is 27.9 Å². The van der Waals surface area contributed by atoms with Crippen molar-refractivity contribution in [1.82, 2.24) is 9.80 Å². The Morgan fingerprint density at radius 3 is 2.68 bits per heavy atom. The lowest BCUT2D eigenvalue weighted by molar-refractivity contribution is -0.125. The van der Waals surface area contributed by atoms with Crippen LogP contribution in [0.4, 0.5) is 9.18 Å². The fourth-order valence-corrected chi connectivity index (χ4v) is 2.68. The molecule has 0 spiro atoms. The van der Waals surface area contributed by atoms with Gasteiger partial charge in [0.05, 0.1) is 6.54 Å². The molecule has 1 aliphatic heterocycles. The standard InChI is InChI=1S/C13H12BrFN2O2/c14-11-5-9(15)2-1-8(11)6-17-12(18)7-16(13(17)19)10-3-4-10/h1-2,5,10H,3-4,6-7H2. The number of carbonyl (C=O) groups is 2. The van der Waals surface area contributed by atoms with Gasteiger partial charge in [-0.15, -0.1) is 0 Å². The Morgan fingerprint density at radius 2 is 2.05 bits per heavy atom. The molecule has 0 N–H and O–H groups in total. The molecule has 2 aliphatic rings. The van der Waals surface area contributed by atoms with Crippen LogP contribution in [0.25, 0.3) is 0 Å². The molecular formula is C13H12BrFN2O2. The van der Waals surface area contributed by atoms with Crippen molar-refractivity contribution in [2.75, 3.05) is 6.54 Å². The van der Waals surface area contributed by atoms with E-state index in [1.54, 1.807) is 11.0 Å². The highest BCUT2D eigenvalue weighted by atomic mass is 79.9. The Morgan fingerprint density at radius 1 is 1.32 bits per heavy atom. The average molecular weight is 327 g/mol. The number of carbonyl (C=O) groups excluding carboxylic acids is 2. The number of nitrogens with zero attached hydrogens (tertiary/aromatic N) is 2. The Hall–Kier alpha value is -1.43. The van der Waals surface area contributed by atoms with Gasteiger partial charge in [-0.3, -0.25) is 9.69 Å². The maximum Gasteiger partial charge on any atom is 0.327 e. The van der Waals surface area contributed by atoms with Crippen molar-refractivity contribution in [3.63, 3.8) is 0 Å². The van der Waals surface area contributed by atoms with Crippen molar-refractivity contribution in [3.05, 3.63) is 34.1 Å². The number of halogens is 2. The molecule has 100 valence electrons. The maximum atomic E-state index is 13.0. The van der Waals surface area contributed by atoms with Crippen molar-refractivity contribution in [2.24, 2.45) is 0 Å². The predicted molar refractivity (Wildman–Crippen MR) is 69.8 cm³/mol. The summed E-state index contributed by atoms with van der Waals surface area (Å²) in [6, 6.07) is 4.24. The van der Waals surface area contributed by atoms with Crippen LogP contribution >= 0.6 is 15.9 Å². The van der Waals surface area contributed by atoms with Gasteiger partial charge in [-0.2, -0.15) is 0 Å². The van der Waals surface area contributed by atoms with E-state index in [-0.39, 0.29) is 36.9 Å². The molecule has 19 heavy (non-hydrogen) atoms. The summed E-state index contributed by atoms with van der Waals surface area (Å²) in [7, 11) is 0. The lowest BCUT2D eigenvalue weighted by atomic mass is 10.2. The largest absolute Gasteiger partial charge is 0.327 e. The number of hydrogen-bond donors (Lipinski definition) is 0. The first kappa shape index (κ1) is 12.6. The van der Waals surface area contributed by atoms with E-state index in [4.69, 9.17) is 0 Å². The number of urea groups is 1. The molecular weight excluding hydrogens is 315 g/mol. The van der Waals surface area contributed by atoms with E-state index >= 15 is 0 Å². The molecule has 1 saturated heterocycles. The van der Waals surface area contributed by atoms with Crippen LogP contribution in [-0.4, -0.2) is 34.3 Å². The number of amides is 3. The zero-order chi connectivity index (χ0) is 13.6. The average Bonchev–Trinajstić information content (AvgIpc) is 3.14. The monoisotopic (exact) mass is 326 g/mol. The topological polar surface area (TPSA) is 40.6 Å². The van der Waals surface area contributed by atoms with Gasteiger partial charge in [-0.1, -0.05) is 22.0 Å². The van der Waals surface area contributed by atoms with Gasteiger partial charge in [0.15, 0.2) is 0 Å². The van der Waals surface area contributed by atoms with Crippen LogP contribution in [0.2, 0.25) is 0 Å². The minimum absolute atomic E-state index is 0.169. The molecule has 0 unspecified atom stereocenters. The Bertz CT molecular complexity index is 560. The van der Waals surface area contributed by atoms with Crippen LogP contribution in [0, 0.1) is 5.82 Å². The smallest absolute Gasteiger partial charge is 0.312 e. The summed E-state index contributed by atoms with van der Waals surface area (Å²) in [5, 5.41) is 0. The molecule has 0 radical (unpaired) electrons. The van der Waals surface area contributed by atoms with E-state index in [9.17, 15) is 14.0 Å². The second-order valence-corrected chi connectivity index (χ2v) is 5.71. The molecule has 6 heteroatoms. The Kier molecular flexibility index (Phi) is 3.05. The molecule has 1 aliphatic carbocycles. The van der Waals surface area contributed by atoms with Crippen LogP contribution in [0.5, 0.6) is 0 Å². The summed E-state index contributed by atoms with van der Waals surface area (Å²) in [6.45, 7) is 0.351. The van der Waals surface area contributed by atoms with Crippen LogP contribution in [0.3, 0.4) is 0 Å². The highest BCUT2D eigenvalue weighted by Gasteiger charge is 2.43. The third-order valence-corrected chi connectivity index (χ3v) is 4.15. The minimum atomic E-state index is -0.352. The van der Waals surface area contributed by atoms with Gasteiger partial charge in [0, 0.05) is 10.5 Å². The van der Waals surface area contributed by atoms with Crippen molar-refractivity contribution in [1.29, 1.82) is 0 Å². The summed E-state index contributed by atoms with van der Waals surface area (Å²) in [4.78, 5) is 26.9. The minimum Gasteiger partial charge on any atom is -0.312 e. The lowest BCUT2D eigenvalue weighted by Gasteiger charge is -2.17. The Balaban J connectivity index is 1.78. The number of rotatable bonds is 3. The molecule has 0 bridgehead atoms. The lowest BCUT2D eigenvalue weighted by Crippen LogP contribution is -2.33. The van der Waals surface area contributed by atoms with Gasteiger partial charge in [-0.05, 0) is 30.5 Å². The summed E-state index contributed by atoms with van der Waals surface area (Å²) in [5.74, 6) is -0.539. The van der Waals surface area contributed by atoms with Crippen LogP contribution in [0.1, 0.15) is 18.4 Å². The van der Waals surface area contributed by atoms with Gasteiger partial charge < -0.3 is 4.90 Å². The highest BCUT2D eigenvalue weighted by molar-refractivity contribution is 9.10. The van der Waals surface area contributed by atoms with Crippen LogP contribution in [0.15, 0.2) is 22.7 Å². The molecule has 2 fully saturated rings. The summed E-state index contributed by atoms with van der Waals surface area (Å²) < 4.78 is 13.6. The van der Waals surface area contributed by atoms with E-state index in [0.29, 0.717) is 4.47 Å². The number of hydrogen-bond acceptors (Lipinski definition) is 2. The number of imide groups is 1. The van der Waals surface area contributed by atoms with E-state index in [2.05, 4.69) is 15.9 Å². The first-order valence-corrected chi connectivity index (χ1v) is 6.90. The van der Waals surface area contributed by atoms with Gasteiger partial charge in [0.2, 0.25) is 0 Å². The second kappa shape index (κ2) is 4.59. The molecule has 1 saturated carbocycles. The zero-order valence-corrected chi connectivity index (χ0v) is 11.7. The van der Waals surface area contributed by atoms with Gasteiger partial charge in [0.1, 0.15) is 12.4 Å². The first-order valence-electron chi connectivity index (χ1n) is 6.11. The molecule has 1 aromatic carbocycles.